The van der Waals surface area contributed by atoms with E-state index in [2.05, 4.69) is 5.32 Å². The van der Waals surface area contributed by atoms with Gasteiger partial charge in [0.1, 0.15) is 11.8 Å². The molecule has 0 aromatic heterocycles. The first-order chi connectivity index (χ1) is 11.4. The Morgan fingerprint density at radius 3 is 2.46 bits per heavy atom. The lowest BCUT2D eigenvalue weighted by Crippen LogP contribution is -2.34. The minimum atomic E-state index is -1.18. The van der Waals surface area contributed by atoms with Crippen molar-refractivity contribution in [1.29, 1.82) is 0 Å². The molecule has 0 unspecified atom stereocenters. The van der Waals surface area contributed by atoms with Gasteiger partial charge in [0, 0.05) is 17.4 Å². The van der Waals surface area contributed by atoms with Gasteiger partial charge in [-0.2, -0.15) is 0 Å². The number of hydrogen-bond donors (Lipinski definition) is 3. The molecule has 4 N–H and O–H groups in total. The van der Waals surface area contributed by atoms with Crippen molar-refractivity contribution >= 4 is 28.6 Å². The van der Waals surface area contributed by atoms with Gasteiger partial charge >= 0.3 is 5.97 Å². The number of carbonyl (C=O) groups is 3. The number of amides is 2. The number of carbonyl (C=O) groups excluding carboxylic acids is 2. The van der Waals surface area contributed by atoms with Crippen LogP contribution in [-0.4, -0.2) is 36.0 Å². The van der Waals surface area contributed by atoms with Crippen LogP contribution in [0.5, 0.6) is 5.75 Å². The molecule has 2 rings (SSSR count). The smallest absolute Gasteiger partial charge is 0.320 e. The van der Waals surface area contributed by atoms with Crippen molar-refractivity contribution in [3.8, 4) is 5.75 Å². The van der Waals surface area contributed by atoms with Gasteiger partial charge in [0.15, 0.2) is 0 Å². The fraction of sp³-hybridized carbons (Fsp3) is 0.235. The van der Waals surface area contributed by atoms with E-state index >= 15 is 0 Å². The van der Waals surface area contributed by atoms with Gasteiger partial charge in [0.2, 0.25) is 5.91 Å². The van der Waals surface area contributed by atoms with Crippen LogP contribution < -0.4 is 15.8 Å². The second-order valence-electron chi connectivity index (χ2n) is 5.22. The Hall–Kier alpha value is -2.93. The maximum absolute atomic E-state index is 12.3. The van der Waals surface area contributed by atoms with Crippen molar-refractivity contribution in [2.75, 3.05) is 7.11 Å². The Balaban J connectivity index is 2.14. The summed E-state index contributed by atoms with van der Waals surface area (Å²) in [7, 11) is 1.54. The number of carboxylic acid groups (broad SMARTS) is 1. The van der Waals surface area contributed by atoms with E-state index in [1.807, 2.05) is 12.1 Å². The van der Waals surface area contributed by atoms with Crippen molar-refractivity contribution in [2.45, 2.75) is 18.9 Å². The lowest BCUT2D eigenvalue weighted by atomic mass is 10.0. The highest BCUT2D eigenvalue weighted by Crippen LogP contribution is 2.28. The summed E-state index contributed by atoms with van der Waals surface area (Å²) < 4.78 is 5.26. The Labute approximate surface area is 138 Å². The van der Waals surface area contributed by atoms with Crippen molar-refractivity contribution in [2.24, 2.45) is 5.73 Å². The minimum Gasteiger partial charge on any atom is -0.496 e. The average Bonchev–Trinajstić information content (AvgIpc) is 2.58. The molecule has 0 saturated carbocycles. The monoisotopic (exact) mass is 330 g/mol. The fourth-order valence-electron chi connectivity index (χ4n) is 2.31. The van der Waals surface area contributed by atoms with Crippen LogP contribution in [-0.2, 0) is 9.59 Å². The standard InChI is InChI=1S/C17H18N2O5/c1-24-14-8-6-12(10-4-2-3-5-11(10)14)16(21)19-15(20)9-7-13(18)17(22)23/h2-6,8,13H,7,9,18H2,1H3,(H,22,23)(H,19,20,21)/t13-/m0/s1. The van der Waals surface area contributed by atoms with Gasteiger partial charge in [-0.15, -0.1) is 0 Å². The number of hydrogen-bond acceptors (Lipinski definition) is 5. The van der Waals surface area contributed by atoms with Crippen molar-refractivity contribution in [3.63, 3.8) is 0 Å². The molecule has 0 spiro atoms. The number of rotatable bonds is 6. The molecule has 7 heteroatoms. The molecule has 0 bridgehead atoms. The second kappa shape index (κ2) is 7.56. The molecule has 0 aliphatic heterocycles. The number of aliphatic carboxylic acids is 1. The molecule has 1 atom stereocenters. The van der Waals surface area contributed by atoms with E-state index < -0.39 is 23.8 Å². The van der Waals surface area contributed by atoms with Crippen LogP contribution in [0.3, 0.4) is 0 Å². The summed E-state index contributed by atoms with van der Waals surface area (Å²) in [4.78, 5) is 34.8. The van der Waals surface area contributed by atoms with E-state index in [1.165, 1.54) is 7.11 Å². The summed E-state index contributed by atoms with van der Waals surface area (Å²) in [5.41, 5.74) is 5.67. The molecule has 0 aliphatic rings. The molecule has 2 amide bonds. The van der Waals surface area contributed by atoms with Crippen molar-refractivity contribution in [3.05, 3.63) is 42.0 Å². The summed E-state index contributed by atoms with van der Waals surface area (Å²) >= 11 is 0. The SMILES string of the molecule is COc1ccc(C(=O)NC(=O)CC[C@H](N)C(=O)O)c2ccccc12. The largest absolute Gasteiger partial charge is 0.496 e. The summed E-state index contributed by atoms with van der Waals surface area (Å²) in [5, 5.41) is 12.4. The molecule has 2 aromatic carbocycles. The maximum Gasteiger partial charge on any atom is 0.320 e. The first kappa shape index (κ1) is 17.4. The zero-order valence-electron chi connectivity index (χ0n) is 13.1. The third-order valence-electron chi connectivity index (χ3n) is 3.60. The summed E-state index contributed by atoms with van der Waals surface area (Å²) in [6.07, 6.45) is -0.189. The van der Waals surface area contributed by atoms with Crippen LogP contribution in [0.25, 0.3) is 10.8 Å². The molecular formula is C17H18N2O5. The van der Waals surface area contributed by atoms with Crippen LogP contribution >= 0.6 is 0 Å². The van der Waals surface area contributed by atoms with Crippen molar-refractivity contribution < 1.29 is 24.2 Å². The van der Waals surface area contributed by atoms with E-state index in [1.54, 1.807) is 24.3 Å². The molecule has 0 aliphatic carbocycles. The van der Waals surface area contributed by atoms with Crippen LogP contribution in [0.15, 0.2) is 36.4 Å². The first-order valence-electron chi connectivity index (χ1n) is 7.32. The Morgan fingerprint density at radius 2 is 1.83 bits per heavy atom. The number of nitrogens with two attached hydrogens (primary N) is 1. The molecular weight excluding hydrogens is 312 g/mol. The topological polar surface area (TPSA) is 119 Å². The Kier molecular flexibility index (Phi) is 5.49. The highest BCUT2D eigenvalue weighted by atomic mass is 16.5. The summed E-state index contributed by atoms with van der Waals surface area (Å²) in [5.74, 6) is -1.68. The minimum absolute atomic E-state index is 0.0438. The molecule has 0 fully saturated rings. The van der Waals surface area contributed by atoms with E-state index in [0.29, 0.717) is 16.7 Å². The first-order valence-corrected chi connectivity index (χ1v) is 7.32. The predicted molar refractivity (Wildman–Crippen MR) is 87.8 cm³/mol. The third kappa shape index (κ3) is 3.88. The fourth-order valence-corrected chi connectivity index (χ4v) is 2.31. The van der Waals surface area contributed by atoms with Crippen LogP contribution in [0.2, 0.25) is 0 Å². The molecule has 2 aromatic rings. The molecule has 24 heavy (non-hydrogen) atoms. The number of imide groups is 1. The molecule has 0 heterocycles. The number of fused-ring (bicyclic) bond motifs is 1. The maximum atomic E-state index is 12.3. The van der Waals surface area contributed by atoms with E-state index in [9.17, 15) is 14.4 Å². The van der Waals surface area contributed by atoms with E-state index in [-0.39, 0.29) is 12.8 Å². The number of carboxylic acids is 1. The van der Waals surface area contributed by atoms with Crippen molar-refractivity contribution in [1.82, 2.24) is 5.32 Å². The lowest BCUT2D eigenvalue weighted by molar-refractivity contribution is -0.138. The highest BCUT2D eigenvalue weighted by molar-refractivity contribution is 6.13. The zero-order chi connectivity index (χ0) is 17.7. The van der Waals surface area contributed by atoms with Gasteiger partial charge in [-0.3, -0.25) is 19.7 Å². The lowest BCUT2D eigenvalue weighted by Gasteiger charge is -2.11. The van der Waals surface area contributed by atoms with Gasteiger partial charge in [0.05, 0.1) is 7.11 Å². The number of benzene rings is 2. The van der Waals surface area contributed by atoms with Gasteiger partial charge in [-0.05, 0) is 23.9 Å². The van der Waals surface area contributed by atoms with Crippen LogP contribution in [0.4, 0.5) is 0 Å². The van der Waals surface area contributed by atoms with Crippen LogP contribution in [0, 0.1) is 0 Å². The Bertz CT molecular complexity index is 788. The predicted octanol–water partition coefficient (Wildman–Crippen LogP) is 1.30. The summed E-state index contributed by atoms with van der Waals surface area (Å²) in [6, 6.07) is 9.29. The zero-order valence-corrected chi connectivity index (χ0v) is 13.1. The molecule has 126 valence electrons. The van der Waals surface area contributed by atoms with E-state index in [4.69, 9.17) is 15.6 Å². The third-order valence-corrected chi connectivity index (χ3v) is 3.60. The number of methoxy groups -OCH3 is 1. The average molecular weight is 330 g/mol. The van der Waals surface area contributed by atoms with Gasteiger partial charge in [-0.25, -0.2) is 0 Å². The molecule has 0 radical (unpaired) electrons. The van der Waals surface area contributed by atoms with Gasteiger partial charge in [-0.1, -0.05) is 24.3 Å². The van der Waals surface area contributed by atoms with E-state index in [0.717, 1.165) is 5.39 Å². The molecule has 7 nitrogen and oxygen atoms in total. The van der Waals surface area contributed by atoms with Crippen LogP contribution in [0.1, 0.15) is 23.2 Å². The van der Waals surface area contributed by atoms with Gasteiger partial charge < -0.3 is 15.6 Å². The normalized spacial score (nSPS) is 11.8. The summed E-state index contributed by atoms with van der Waals surface area (Å²) in [6.45, 7) is 0. The second-order valence-corrected chi connectivity index (χ2v) is 5.22. The quantitative estimate of drug-likeness (QED) is 0.734. The Morgan fingerprint density at radius 1 is 1.17 bits per heavy atom. The molecule has 0 saturated heterocycles. The number of nitrogens with one attached hydrogen (secondary N) is 1. The van der Waals surface area contributed by atoms with Gasteiger partial charge in [0.25, 0.3) is 5.91 Å². The highest BCUT2D eigenvalue weighted by Gasteiger charge is 2.17. The number of ether oxygens (including phenoxy) is 1.